The lowest BCUT2D eigenvalue weighted by Crippen LogP contribution is -2.20. The first-order chi connectivity index (χ1) is 10.3. The molecule has 1 aromatic rings. The fraction of sp³-hybridized carbons (Fsp3) is 0.529. The van der Waals surface area contributed by atoms with Crippen LogP contribution in [0.2, 0.25) is 0 Å². The molecule has 1 aromatic carbocycles. The van der Waals surface area contributed by atoms with E-state index in [1.54, 1.807) is 6.92 Å². The van der Waals surface area contributed by atoms with Crippen LogP contribution in [-0.2, 0) is 20.5 Å². The lowest BCUT2D eigenvalue weighted by molar-refractivity contribution is -0.143. The highest BCUT2D eigenvalue weighted by atomic mass is 32.2. The standard InChI is InChI=1S/C17H23NO3S/c1-5-21-16(19)11-12-10-15(18-22(20)17(2,3)4)14-9-7-6-8-13(12)14/h6-9,12H,5,10-11H2,1-4H3/b18-15-/t12-,22?/m1/s1. The summed E-state index contributed by atoms with van der Waals surface area (Å²) in [7, 11) is -1.29. The molecule has 0 N–H and O–H groups in total. The number of nitrogens with zero attached hydrogens (tertiary/aromatic N) is 1. The summed E-state index contributed by atoms with van der Waals surface area (Å²) >= 11 is 0. The Morgan fingerprint density at radius 1 is 1.36 bits per heavy atom. The fourth-order valence-corrected chi connectivity index (χ4v) is 3.14. The molecule has 120 valence electrons. The van der Waals surface area contributed by atoms with Crippen molar-refractivity contribution in [2.75, 3.05) is 6.61 Å². The minimum Gasteiger partial charge on any atom is -0.466 e. The van der Waals surface area contributed by atoms with E-state index in [0.717, 1.165) is 16.8 Å². The summed E-state index contributed by atoms with van der Waals surface area (Å²) in [6.07, 6.45) is 0.978. The van der Waals surface area contributed by atoms with Crippen molar-refractivity contribution in [3.63, 3.8) is 0 Å². The van der Waals surface area contributed by atoms with Crippen molar-refractivity contribution in [1.29, 1.82) is 0 Å². The van der Waals surface area contributed by atoms with Gasteiger partial charge in [-0.2, -0.15) is 4.40 Å². The van der Waals surface area contributed by atoms with E-state index >= 15 is 0 Å². The molecule has 2 rings (SSSR count). The van der Waals surface area contributed by atoms with Crippen molar-refractivity contribution in [3.05, 3.63) is 35.4 Å². The fourth-order valence-electron chi connectivity index (χ4n) is 2.50. The molecule has 1 unspecified atom stereocenters. The molecule has 0 saturated heterocycles. The van der Waals surface area contributed by atoms with Gasteiger partial charge in [-0.3, -0.25) is 4.79 Å². The molecular formula is C17H23NO3S. The monoisotopic (exact) mass is 321 g/mol. The maximum atomic E-state index is 12.3. The van der Waals surface area contributed by atoms with Gasteiger partial charge in [-0.05, 0) is 39.7 Å². The number of carbonyl (C=O) groups excluding carboxylic acids is 1. The summed E-state index contributed by atoms with van der Waals surface area (Å²) in [5.74, 6) is -0.133. The molecule has 1 aliphatic carbocycles. The lowest BCUT2D eigenvalue weighted by Gasteiger charge is -2.14. The number of hydrogen-bond donors (Lipinski definition) is 0. The normalized spacial score (nSPS) is 20.7. The van der Waals surface area contributed by atoms with Gasteiger partial charge in [0.2, 0.25) is 0 Å². The van der Waals surface area contributed by atoms with Gasteiger partial charge in [0, 0.05) is 11.5 Å². The zero-order valence-corrected chi connectivity index (χ0v) is 14.4. The van der Waals surface area contributed by atoms with Crippen molar-refractivity contribution in [2.24, 2.45) is 4.40 Å². The van der Waals surface area contributed by atoms with Crippen molar-refractivity contribution >= 4 is 22.7 Å². The minimum atomic E-state index is -1.29. The van der Waals surface area contributed by atoms with Crippen molar-refractivity contribution < 1.29 is 13.7 Å². The number of esters is 1. The summed E-state index contributed by atoms with van der Waals surface area (Å²) in [4.78, 5) is 11.8. The van der Waals surface area contributed by atoms with E-state index in [0.29, 0.717) is 19.4 Å². The first-order valence-corrected chi connectivity index (χ1v) is 8.68. The zero-order valence-electron chi connectivity index (χ0n) is 13.6. The molecule has 4 nitrogen and oxygen atoms in total. The third-order valence-corrected chi connectivity index (χ3v) is 5.02. The molecule has 0 amide bonds. The Balaban J connectivity index is 2.28. The first-order valence-electron chi connectivity index (χ1n) is 7.57. The van der Waals surface area contributed by atoms with Crippen LogP contribution in [-0.4, -0.2) is 27.2 Å². The highest BCUT2D eigenvalue weighted by Crippen LogP contribution is 2.36. The van der Waals surface area contributed by atoms with E-state index in [4.69, 9.17) is 4.74 Å². The van der Waals surface area contributed by atoms with Gasteiger partial charge in [0.1, 0.15) is 11.0 Å². The minimum absolute atomic E-state index is 0.0611. The summed E-state index contributed by atoms with van der Waals surface area (Å²) in [6, 6.07) is 7.91. The molecule has 0 aromatic heterocycles. The van der Waals surface area contributed by atoms with Crippen LogP contribution in [0.5, 0.6) is 0 Å². The summed E-state index contributed by atoms with van der Waals surface area (Å²) in [6.45, 7) is 7.92. The van der Waals surface area contributed by atoms with Crippen LogP contribution in [0.25, 0.3) is 0 Å². The second kappa shape index (κ2) is 6.73. The van der Waals surface area contributed by atoms with Gasteiger partial charge in [0.25, 0.3) is 0 Å². The van der Waals surface area contributed by atoms with E-state index in [9.17, 15) is 9.00 Å². The van der Waals surface area contributed by atoms with Gasteiger partial charge >= 0.3 is 5.97 Å². The van der Waals surface area contributed by atoms with Crippen molar-refractivity contribution in [1.82, 2.24) is 0 Å². The third-order valence-electron chi connectivity index (χ3n) is 3.59. The molecule has 0 radical (unpaired) electrons. The molecule has 0 spiro atoms. The van der Waals surface area contributed by atoms with Gasteiger partial charge in [0.15, 0.2) is 0 Å². The average Bonchev–Trinajstić information content (AvgIpc) is 2.76. The van der Waals surface area contributed by atoms with Gasteiger partial charge in [-0.15, -0.1) is 0 Å². The molecule has 5 heteroatoms. The average molecular weight is 321 g/mol. The van der Waals surface area contributed by atoms with Crippen LogP contribution >= 0.6 is 0 Å². The van der Waals surface area contributed by atoms with Gasteiger partial charge in [0.05, 0.1) is 23.5 Å². The Bertz CT molecular complexity index is 617. The first kappa shape index (κ1) is 16.9. The molecule has 22 heavy (non-hydrogen) atoms. The van der Waals surface area contributed by atoms with E-state index in [1.165, 1.54) is 0 Å². The third kappa shape index (κ3) is 3.83. The topological polar surface area (TPSA) is 55.7 Å². The number of hydrogen-bond acceptors (Lipinski definition) is 3. The van der Waals surface area contributed by atoms with Gasteiger partial charge in [-0.25, -0.2) is 4.21 Å². The Labute approximate surface area is 134 Å². The van der Waals surface area contributed by atoms with Gasteiger partial charge < -0.3 is 4.74 Å². The summed E-state index contributed by atoms with van der Waals surface area (Å²) < 4.78 is 21.4. The van der Waals surface area contributed by atoms with E-state index in [2.05, 4.69) is 4.40 Å². The number of rotatable bonds is 4. The Hall–Kier alpha value is -1.49. The predicted molar refractivity (Wildman–Crippen MR) is 89.5 cm³/mol. The highest BCUT2D eigenvalue weighted by molar-refractivity contribution is 7.85. The summed E-state index contributed by atoms with van der Waals surface area (Å²) in [5, 5.41) is 0. The second-order valence-corrected chi connectivity index (χ2v) is 8.30. The number of fused-ring (bicyclic) bond motifs is 1. The molecule has 0 saturated carbocycles. The predicted octanol–water partition coefficient (Wildman–Crippen LogP) is 3.38. The molecule has 1 aliphatic rings. The number of ether oxygens (including phenoxy) is 1. The van der Waals surface area contributed by atoms with Crippen LogP contribution in [0.15, 0.2) is 28.7 Å². The molecule has 0 aliphatic heterocycles. The molecule has 0 fully saturated rings. The Kier molecular flexibility index (Phi) is 5.16. The van der Waals surface area contributed by atoms with E-state index in [1.807, 2.05) is 45.0 Å². The number of carbonyl (C=O) groups is 1. The molecule has 0 bridgehead atoms. The summed E-state index contributed by atoms with van der Waals surface area (Å²) in [5.41, 5.74) is 2.94. The van der Waals surface area contributed by atoms with E-state index < -0.39 is 11.0 Å². The maximum Gasteiger partial charge on any atom is 0.306 e. The Morgan fingerprint density at radius 2 is 2.05 bits per heavy atom. The zero-order chi connectivity index (χ0) is 16.3. The van der Waals surface area contributed by atoms with Crippen molar-refractivity contribution in [2.45, 2.75) is 51.2 Å². The van der Waals surface area contributed by atoms with Crippen LogP contribution in [0.3, 0.4) is 0 Å². The van der Waals surface area contributed by atoms with E-state index in [-0.39, 0.29) is 16.6 Å². The van der Waals surface area contributed by atoms with Gasteiger partial charge in [-0.1, -0.05) is 24.3 Å². The highest BCUT2D eigenvalue weighted by Gasteiger charge is 2.31. The number of benzene rings is 1. The molecule has 0 heterocycles. The lowest BCUT2D eigenvalue weighted by atomic mass is 9.98. The maximum absolute atomic E-state index is 12.3. The van der Waals surface area contributed by atoms with Crippen LogP contribution < -0.4 is 0 Å². The van der Waals surface area contributed by atoms with Crippen molar-refractivity contribution in [3.8, 4) is 0 Å². The largest absolute Gasteiger partial charge is 0.466 e. The molecule has 2 atom stereocenters. The SMILES string of the molecule is CCOC(=O)C[C@H]1C/C(=N/S(=O)C(C)(C)C)c2ccccc21. The molecular weight excluding hydrogens is 298 g/mol. The van der Waals surface area contributed by atoms with Crippen LogP contribution in [0.4, 0.5) is 0 Å². The Morgan fingerprint density at radius 3 is 2.68 bits per heavy atom. The second-order valence-electron chi connectivity index (χ2n) is 6.40. The van der Waals surface area contributed by atoms with Crippen LogP contribution in [0, 0.1) is 0 Å². The van der Waals surface area contributed by atoms with Crippen LogP contribution in [0.1, 0.15) is 57.6 Å². The quantitative estimate of drug-likeness (QED) is 0.799. The smallest absolute Gasteiger partial charge is 0.306 e.